The molecule has 2 heteroatoms. The monoisotopic (exact) mass is 195 g/mol. The molecule has 3 aromatic rings. The maximum Gasteiger partial charge on any atom is 0.202 e. The van der Waals surface area contributed by atoms with Crippen LogP contribution in [-0.2, 0) is 0 Å². The second-order valence-electron chi connectivity index (χ2n) is 3.54. The molecule has 1 N–H and O–H groups in total. The lowest BCUT2D eigenvalue weighted by atomic mass is 10.2. The Labute approximate surface area is 86.2 Å². The van der Waals surface area contributed by atoms with Crippen LogP contribution < -0.4 is 5.43 Å². The van der Waals surface area contributed by atoms with Gasteiger partial charge in [-0.2, -0.15) is 0 Å². The first kappa shape index (κ1) is 8.24. The summed E-state index contributed by atoms with van der Waals surface area (Å²) in [5.41, 5.74) is 1.73. The number of para-hydroxylation sites is 1. The van der Waals surface area contributed by atoms with E-state index in [0.29, 0.717) is 5.52 Å². The van der Waals surface area contributed by atoms with Crippen molar-refractivity contribution in [1.82, 2.24) is 4.98 Å². The van der Waals surface area contributed by atoms with Crippen LogP contribution >= 0.6 is 0 Å². The molecule has 0 aliphatic rings. The van der Waals surface area contributed by atoms with Crippen molar-refractivity contribution in [2.75, 3.05) is 0 Å². The average molecular weight is 195 g/mol. The van der Waals surface area contributed by atoms with Crippen LogP contribution in [0.5, 0.6) is 0 Å². The Hall–Kier alpha value is -2.09. The smallest absolute Gasteiger partial charge is 0.202 e. The van der Waals surface area contributed by atoms with Crippen molar-refractivity contribution in [3.8, 4) is 0 Å². The van der Waals surface area contributed by atoms with Crippen molar-refractivity contribution >= 4 is 21.8 Å². The minimum atomic E-state index is 0.0335. The Bertz CT molecular complexity index is 697. The van der Waals surface area contributed by atoms with Gasteiger partial charge in [-0.15, -0.1) is 0 Å². The van der Waals surface area contributed by atoms with Gasteiger partial charge in [0.1, 0.15) is 0 Å². The Morgan fingerprint density at radius 1 is 0.800 bits per heavy atom. The van der Waals surface area contributed by atoms with Gasteiger partial charge in [-0.05, 0) is 12.1 Å². The molecule has 0 aliphatic carbocycles. The third-order valence-corrected chi connectivity index (χ3v) is 2.61. The van der Waals surface area contributed by atoms with E-state index < -0.39 is 0 Å². The van der Waals surface area contributed by atoms with E-state index >= 15 is 0 Å². The van der Waals surface area contributed by atoms with Crippen LogP contribution in [0.4, 0.5) is 0 Å². The number of nitrogens with one attached hydrogen (secondary N) is 1. The highest BCUT2D eigenvalue weighted by molar-refractivity contribution is 6.06. The zero-order chi connectivity index (χ0) is 10.3. The molecule has 3 rings (SSSR count). The zero-order valence-corrected chi connectivity index (χ0v) is 8.03. The summed E-state index contributed by atoms with van der Waals surface area (Å²) in [6, 6.07) is 15.2. The third-order valence-electron chi connectivity index (χ3n) is 2.61. The standard InChI is InChI=1S/C13H9NO/c15-12-8-4-2-6-10-9-5-1-3-7-11(9)14-13(10)12/h1-8,14H. The molecule has 0 bridgehead atoms. The molecule has 0 fully saturated rings. The van der Waals surface area contributed by atoms with Gasteiger partial charge in [-0.25, -0.2) is 0 Å². The highest BCUT2D eigenvalue weighted by atomic mass is 16.1. The maximum atomic E-state index is 11.7. The largest absolute Gasteiger partial charge is 0.351 e. The predicted octanol–water partition coefficient (Wildman–Crippen LogP) is 2.68. The first-order chi connectivity index (χ1) is 7.36. The number of hydrogen-bond donors (Lipinski definition) is 1. The lowest BCUT2D eigenvalue weighted by Gasteiger charge is -1.85. The molecule has 72 valence electrons. The molecule has 0 saturated heterocycles. The van der Waals surface area contributed by atoms with Gasteiger partial charge in [-0.1, -0.05) is 36.4 Å². The van der Waals surface area contributed by atoms with Crippen LogP contribution in [0, 0.1) is 0 Å². The highest BCUT2D eigenvalue weighted by Gasteiger charge is 2.03. The predicted molar refractivity (Wildman–Crippen MR) is 62.1 cm³/mol. The summed E-state index contributed by atoms with van der Waals surface area (Å²) in [5, 5.41) is 2.08. The van der Waals surface area contributed by atoms with Crippen molar-refractivity contribution in [3.05, 3.63) is 58.8 Å². The third kappa shape index (κ3) is 1.15. The lowest BCUT2D eigenvalue weighted by molar-refractivity contribution is 1.52. The van der Waals surface area contributed by atoms with E-state index in [0.717, 1.165) is 16.3 Å². The first-order valence-electron chi connectivity index (χ1n) is 4.86. The van der Waals surface area contributed by atoms with E-state index in [2.05, 4.69) is 4.98 Å². The number of rotatable bonds is 0. The van der Waals surface area contributed by atoms with Crippen LogP contribution in [0.1, 0.15) is 0 Å². The topological polar surface area (TPSA) is 32.9 Å². The van der Waals surface area contributed by atoms with Crippen LogP contribution in [0.15, 0.2) is 53.3 Å². The molecule has 2 nitrogen and oxygen atoms in total. The minimum Gasteiger partial charge on any atom is -0.351 e. The Kier molecular flexibility index (Phi) is 1.62. The molecule has 0 unspecified atom stereocenters. The van der Waals surface area contributed by atoms with Gasteiger partial charge in [-0.3, -0.25) is 4.79 Å². The van der Waals surface area contributed by atoms with E-state index in [1.807, 2.05) is 36.4 Å². The Morgan fingerprint density at radius 2 is 1.47 bits per heavy atom. The fraction of sp³-hybridized carbons (Fsp3) is 0. The molecule has 0 atom stereocenters. The average Bonchev–Trinajstić information content (AvgIpc) is 2.54. The summed E-state index contributed by atoms with van der Waals surface area (Å²) in [7, 11) is 0. The second kappa shape index (κ2) is 2.95. The van der Waals surface area contributed by atoms with Gasteiger partial charge in [0, 0.05) is 16.3 Å². The van der Waals surface area contributed by atoms with E-state index in [9.17, 15) is 4.79 Å². The van der Waals surface area contributed by atoms with E-state index in [1.54, 1.807) is 12.1 Å². The summed E-state index contributed by atoms with van der Waals surface area (Å²) in [6.45, 7) is 0. The van der Waals surface area contributed by atoms with Crippen LogP contribution in [0.3, 0.4) is 0 Å². The Morgan fingerprint density at radius 3 is 2.33 bits per heavy atom. The molecular formula is C13H9NO. The fourth-order valence-electron chi connectivity index (χ4n) is 1.91. The van der Waals surface area contributed by atoms with Gasteiger partial charge >= 0.3 is 0 Å². The summed E-state index contributed by atoms with van der Waals surface area (Å²) < 4.78 is 0. The number of fused-ring (bicyclic) bond motifs is 3. The normalized spacial score (nSPS) is 10.9. The summed E-state index contributed by atoms with van der Waals surface area (Å²) in [5.74, 6) is 0. The number of benzene rings is 1. The second-order valence-corrected chi connectivity index (χ2v) is 3.54. The maximum absolute atomic E-state index is 11.7. The van der Waals surface area contributed by atoms with Gasteiger partial charge in [0.25, 0.3) is 0 Å². The van der Waals surface area contributed by atoms with Crippen molar-refractivity contribution in [2.45, 2.75) is 0 Å². The number of H-pyrrole nitrogens is 1. The SMILES string of the molecule is O=c1ccccc2c1[nH]c1ccccc12. The van der Waals surface area contributed by atoms with Crippen LogP contribution in [-0.4, -0.2) is 4.98 Å². The molecular weight excluding hydrogens is 186 g/mol. The lowest BCUT2D eigenvalue weighted by Crippen LogP contribution is -1.93. The minimum absolute atomic E-state index is 0.0335. The molecule has 2 aromatic carbocycles. The van der Waals surface area contributed by atoms with Crippen molar-refractivity contribution < 1.29 is 0 Å². The van der Waals surface area contributed by atoms with Gasteiger partial charge in [0.05, 0.1) is 5.52 Å². The molecule has 0 spiro atoms. The summed E-state index contributed by atoms with van der Waals surface area (Å²) >= 11 is 0. The zero-order valence-electron chi connectivity index (χ0n) is 8.03. The van der Waals surface area contributed by atoms with E-state index in [-0.39, 0.29) is 5.43 Å². The molecule has 15 heavy (non-hydrogen) atoms. The quantitative estimate of drug-likeness (QED) is 0.587. The number of aromatic amines is 1. The highest BCUT2D eigenvalue weighted by Crippen LogP contribution is 2.21. The van der Waals surface area contributed by atoms with E-state index in [4.69, 9.17) is 0 Å². The van der Waals surface area contributed by atoms with Crippen molar-refractivity contribution in [3.63, 3.8) is 0 Å². The van der Waals surface area contributed by atoms with Gasteiger partial charge in [0.2, 0.25) is 5.43 Å². The Balaban J connectivity index is 2.70. The molecule has 0 amide bonds. The summed E-state index contributed by atoms with van der Waals surface area (Å²) in [4.78, 5) is 14.9. The van der Waals surface area contributed by atoms with Crippen LogP contribution in [0.2, 0.25) is 0 Å². The van der Waals surface area contributed by atoms with E-state index in [1.165, 1.54) is 0 Å². The molecule has 1 aromatic heterocycles. The molecule has 0 aliphatic heterocycles. The van der Waals surface area contributed by atoms with Crippen molar-refractivity contribution in [1.29, 1.82) is 0 Å². The first-order valence-corrected chi connectivity index (χ1v) is 4.86. The van der Waals surface area contributed by atoms with Crippen molar-refractivity contribution in [2.24, 2.45) is 0 Å². The number of aromatic nitrogens is 1. The molecule has 0 saturated carbocycles. The molecule has 0 radical (unpaired) electrons. The summed E-state index contributed by atoms with van der Waals surface area (Å²) in [6.07, 6.45) is 0. The molecule has 1 heterocycles. The van der Waals surface area contributed by atoms with Gasteiger partial charge in [0.15, 0.2) is 0 Å². The fourth-order valence-corrected chi connectivity index (χ4v) is 1.91. The van der Waals surface area contributed by atoms with Gasteiger partial charge < -0.3 is 4.98 Å². The van der Waals surface area contributed by atoms with Crippen LogP contribution in [0.25, 0.3) is 21.8 Å². The number of hydrogen-bond acceptors (Lipinski definition) is 1.